The Bertz CT molecular complexity index is 593. The van der Waals surface area contributed by atoms with Crippen molar-refractivity contribution in [2.45, 2.75) is 59.0 Å². The number of ether oxygens (including phenoxy) is 1. The van der Waals surface area contributed by atoms with E-state index in [1.165, 1.54) is 6.42 Å². The van der Waals surface area contributed by atoms with Gasteiger partial charge < -0.3 is 9.64 Å². The van der Waals surface area contributed by atoms with Crippen molar-refractivity contribution in [3.63, 3.8) is 0 Å². The molecule has 146 valence electrons. The maximum absolute atomic E-state index is 13.4. The molecule has 0 radical (unpaired) electrons. The number of likely N-dealkylation sites (tertiary alicyclic amines) is 1. The fraction of sp³-hybridized carbons (Fsp3) is 0.800. The third-order valence-corrected chi connectivity index (χ3v) is 5.43. The number of carbonyl (C=O) groups excluding carboxylic acids is 1. The summed E-state index contributed by atoms with van der Waals surface area (Å²) in [6.45, 7) is 12.6. The van der Waals surface area contributed by atoms with Gasteiger partial charge in [-0.2, -0.15) is 5.10 Å². The zero-order valence-corrected chi connectivity index (χ0v) is 16.6. The van der Waals surface area contributed by atoms with Crippen LogP contribution in [0.1, 0.15) is 56.2 Å². The zero-order valence-electron chi connectivity index (χ0n) is 16.6. The highest BCUT2D eigenvalue weighted by molar-refractivity contribution is 5.93. The number of amides is 1. The summed E-state index contributed by atoms with van der Waals surface area (Å²) in [5.74, 6) is 0.703. The predicted molar refractivity (Wildman–Crippen MR) is 102 cm³/mol. The topological polar surface area (TPSA) is 50.6 Å². The van der Waals surface area contributed by atoms with E-state index in [4.69, 9.17) is 4.74 Å². The maximum Gasteiger partial charge on any atom is 0.272 e. The van der Waals surface area contributed by atoms with Crippen LogP contribution in [0.4, 0.5) is 0 Å². The molecule has 26 heavy (non-hydrogen) atoms. The van der Waals surface area contributed by atoms with Gasteiger partial charge in [-0.15, -0.1) is 0 Å². The lowest BCUT2D eigenvalue weighted by Crippen LogP contribution is -2.51. The first-order valence-electron chi connectivity index (χ1n) is 10.3. The second kappa shape index (κ2) is 9.00. The number of nitrogens with zero attached hydrogens (tertiary/aromatic N) is 4. The van der Waals surface area contributed by atoms with Crippen molar-refractivity contribution < 1.29 is 9.53 Å². The second-order valence-electron chi connectivity index (χ2n) is 8.00. The largest absolute Gasteiger partial charge is 0.379 e. The van der Waals surface area contributed by atoms with Crippen LogP contribution in [0.25, 0.3) is 0 Å². The lowest BCUT2D eigenvalue weighted by atomic mass is 10.0. The molecule has 0 unspecified atom stereocenters. The van der Waals surface area contributed by atoms with E-state index in [-0.39, 0.29) is 5.91 Å². The van der Waals surface area contributed by atoms with Crippen LogP contribution in [0.2, 0.25) is 0 Å². The van der Waals surface area contributed by atoms with Gasteiger partial charge in [-0.3, -0.25) is 14.4 Å². The van der Waals surface area contributed by atoms with Crippen LogP contribution in [0.5, 0.6) is 0 Å². The van der Waals surface area contributed by atoms with Gasteiger partial charge in [0.05, 0.1) is 18.9 Å². The highest BCUT2D eigenvalue weighted by Gasteiger charge is 2.31. The fourth-order valence-electron chi connectivity index (χ4n) is 4.09. The normalized spacial score (nSPS) is 22.2. The van der Waals surface area contributed by atoms with E-state index in [0.29, 0.717) is 12.0 Å². The third kappa shape index (κ3) is 4.65. The lowest BCUT2D eigenvalue weighted by Gasteiger charge is -2.39. The number of morpholine rings is 1. The maximum atomic E-state index is 13.4. The molecule has 1 aromatic heterocycles. The Kier molecular flexibility index (Phi) is 6.70. The van der Waals surface area contributed by atoms with Gasteiger partial charge in [0, 0.05) is 38.8 Å². The first-order chi connectivity index (χ1) is 12.6. The highest BCUT2D eigenvalue weighted by Crippen LogP contribution is 2.22. The third-order valence-electron chi connectivity index (χ3n) is 5.43. The van der Waals surface area contributed by atoms with Gasteiger partial charge in [-0.25, -0.2) is 0 Å². The van der Waals surface area contributed by atoms with Crippen molar-refractivity contribution >= 4 is 5.91 Å². The van der Waals surface area contributed by atoms with E-state index < -0.39 is 0 Å². The molecule has 3 rings (SSSR count). The molecule has 2 aliphatic rings. The van der Waals surface area contributed by atoms with Gasteiger partial charge >= 0.3 is 0 Å². The number of rotatable bonds is 6. The minimum Gasteiger partial charge on any atom is -0.379 e. The number of hydrogen-bond donors (Lipinski definition) is 0. The molecule has 0 saturated carbocycles. The molecule has 0 spiro atoms. The Labute approximate surface area is 157 Å². The first-order valence-corrected chi connectivity index (χ1v) is 10.3. The van der Waals surface area contributed by atoms with Crippen LogP contribution in [0.15, 0.2) is 6.07 Å². The summed E-state index contributed by atoms with van der Waals surface area (Å²) in [4.78, 5) is 17.9. The van der Waals surface area contributed by atoms with Crippen molar-refractivity contribution in [1.82, 2.24) is 19.6 Å². The van der Waals surface area contributed by atoms with Crippen molar-refractivity contribution in [3.8, 4) is 0 Å². The molecule has 2 fully saturated rings. The molecule has 2 aliphatic heterocycles. The standard InChI is InChI=1S/C20H34N4O2/c1-4-24-19(14-17(21-24)13-16(2)3)20(25)23-8-6-5-7-18(23)15-22-9-11-26-12-10-22/h14,16,18H,4-13,15H2,1-3H3/t18-/m1/s1. The van der Waals surface area contributed by atoms with E-state index in [1.54, 1.807) is 0 Å². The van der Waals surface area contributed by atoms with Crippen LogP contribution in [-0.2, 0) is 17.7 Å². The number of aromatic nitrogens is 2. The van der Waals surface area contributed by atoms with E-state index in [9.17, 15) is 4.79 Å². The van der Waals surface area contributed by atoms with Gasteiger partial charge in [0.15, 0.2) is 0 Å². The van der Waals surface area contributed by atoms with Crippen molar-refractivity contribution in [2.24, 2.45) is 5.92 Å². The van der Waals surface area contributed by atoms with E-state index in [0.717, 1.165) is 76.6 Å². The fourth-order valence-corrected chi connectivity index (χ4v) is 4.09. The number of piperidine rings is 1. The van der Waals surface area contributed by atoms with E-state index >= 15 is 0 Å². The molecule has 0 aliphatic carbocycles. The van der Waals surface area contributed by atoms with E-state index in [2.05, 4.69) is 35.7 Å². The predicted octanol–water partition coefficient (Wildman–Crippen LogP) is 2.43. The van der Waals surface area contributed by atoms with Crippen LogP contribution in [-0.4, -0.2) is 70.9 Å². The summed E-state index contributed by atoms with van der Waals surface area (Å²) in [6, 6.07) is 2.33. The monoisotopic (exact) mass is 362 g/mol. The van der Waals surface area contributed by atoms with Crippen molar-refractivity contribution in [1.29, 1.82) is 0 Å². The Morgan fingerprint density at radius 1 is 1.27 bits per heavy atom. The minimum absolute atomic E-state index is 0.160. The van der Waals surface area contributed by atoms with Crippen LogP contribution in [0.3, 0.4) is 0 Å². The summed E-state index contributed by atoms with van der Waals surface area (Å²) in [5.41, 5.74) is 1.80. The highest BCUT2D eigenvalue weighted by atomic mass is 16.5. The van der Waals surface area contributed by atoms with Crippen molar-refractivity contribution in [3.05, 3.63) is 17.5 Å². The molecule has 3 heterocycles. The average Bonchev–Trinajstić information content (AvgIpc) is 3.04. The number of hydrogen-bond acceptors (Lipinski definition) is 4. The molecule has 1 atom stereocenters. The Hall–Kier alpha value is -1.40. The molecule has 0 N–H and O–H groups in total. The molecule has 0 aromatic carbocycles. The Morgan fingerprint density at radius 3 is 2.73 bits per heavy atom. The van der Waals surface area contributed by atoms with Gasteiger partial charge in [-0.1, -0.05) is 13.8 Å². The number of aryl methyl sites for hydroxylation is 1. The van der Waals surface area contributed by atoms with E-state index in [1.807, 2.05) is 10.7 Å². The molecule has 6 heteroatoms. The van der Waals surface area contributed by atoms with Gasteiger partial charge in [0.25, 0.3) is 5.91 Å². The summed E-state index contributed by atoms with van der Waals surface area (Å²) >= 11 is 0. The molecule has 0 bridgehead atoms. The lowest BCUT2D eigenvalue weighted by molar-refractivity contribution is 0.0163. The summed E-state index contributed by atoms with van der Waals surface area (Å²) < 4.78 is 7.35. The second-order valence-corrected chi connectivity index (χ2v) is 8.00. The quantitative estimate of drug-likeness (QED) is 0.780. The number of carbonyl (C=O) groups is 1. The SMILES string of the molecule is CCn1nc(CC(C)C)cc1C(=O)N1CCCC[C@@H]1CN1CCOCC1. The van der Waals surface area contributed by atoms with Crippen LogP contribution >= 0.6 is 0 Å². The molecule has 2 saturated heterocycles. The molecule has 1 amide bonds. The molecular weight excluding hydrogens is 328 g/mol. The molecule has 6 nitrogen and oxygen atoms in total. The Morgan fingerprint density at radius 2 is 2.04 bits per heavy atom. The molecular formula is C20H34N4O2. The smallest absolute Gasteiger partial charge is 0.272 e. The molecule has 1 aromatic rings. The minimum atomic E-state index is 0.160. The summed E-state index contributed by atoms with van der Waals surface area (Å²) in [6.07, 6.45) is 4.33. The summed E-state index contributed by atoms with van der Waals surface area (Å²) in [5, 5.41) is 4.67. The van der Waals surface area contributed by atoms with Gasteiger partial charge in [-0.05, 0) is 44.6 Å². The van der Waals surface area contributed by atoms with Gasteiger partial charge in [0.1, 0.15) is 5.69 Å². The van der Waals surface area contributed by atoms with Crippen LogP contribution < -0.4 is 0 Å². The first kappa shape index (κ1) is 19.4. The summed E-state index contributed by atoms with van der Waals surface area (Å²) in [7, 11) is 0. The Balaban J connectivity index is 1.74. The average molecular weight is 363 g/mol. The zero-order chi connectivity index (χ0) is 18.5. The van der Waals surface area contributed by atoms with Gasteiger partial charge in [0.2, 0.25) is 0 Å². The van der Waals surface area contributed by atoms with Crippen molar-refractivity contribution in [2.75, 3.05) is 39.4 Å². The van der Waals surface area contributed by atoms with Crippen LogP contribution in [0, 0.1) is 5.92 Å².